The number of carbonyl (C=O) groups excluding carboxylic acids is 1. The van der Waals surface area contributed by atoms with E-state index in [2.05, 4.69) is 5.32 Å². The SMILES string of the molecule is CCNC(CO)c1ccc2c(c1)N(CC)C(=O)CO2. The standard InChI is InChI=1S/C14H20N2O3/c1-3-15-11(8-17)10-5-6-13-12(7-10)16(4-2)14(18)9-19-13/h5-7,11,15,17H,3-4,8-9H2,1-2H3. The van der Waals surface area contributed by atoms with E-state index in [1.165, 1.54) is 0 Å². The van der Waals surface area contributed by atoms with Gasteiger partial charge in [0.05, 0.1) is 18.3 Å². The third-order valence-corrected chi connectivity index (χ3v) is 3.28. The lowest BCUT2D eigenvalue weighted by Crippen LogP contribution is -2.38. The molecule has 1 unspecified atom stereocenters. The molecule has 0 saturated heterocycles. The fraction of sp³-hybridized carbons (Fsp3) is 0.500. The van der Waals surface area contributed by atoms with E-state index in [1.807, 2.05) is 32.0 Å². The van der Waals surface area contributed by atoms with Crippen LogP contribution in [0.15, 0.2) is 18.2 Å². The van der Waals surface area contributed by atoms with Crippen molar-refractivity contribution in [1.82, 2.24) is 5.32 Å². The molecule has 1 amide bonds. The molecule has 0 saturated carbocycles. The second kappa shape index (κ2) is 6.04. The number of aliphatic hydroxyl groups is 1. The zero-order valence-corrected chi connectivity index (χ0v) is 11.3. The molecule has 2 rings (SSSR count). The first-order valence-electron chi connectivity index (χ1n) is 6.62. The molecule has 104 valence electrons. The van der Waals surface area contributed by atoms with Crippen molar-refractivity contribution in [3.05, 3.63) is 23.8 Å². The van der Waals surface area contributed by atoms with Crippen LogP contribution in [-0.4, -0.2) is 37.3 Å². The van der Waals surface area contributed by atoms with Gasteiger partial charge in [0, 0.05) is 6.54 Å². The zero-order chi connectivity index (χ0) is 13.8. The van der Waals surface area contributed by atoms with Crippen LogP contribution < -0.4 is 15.0 Å². The zero-order valence-electron chi connectivity index (χ0n) is 11.3. The van der Waals surface area contributed by atoms with Crippen LogP contribution in [0.3, 0.4) is 0 Å². The summed E-state index contributed by atoms with van der Waals surface area (Å²) in [6.45, 7) is 5.43. The van der Waals surface area contributed by atoms with E-state index in [-0.39, 0.29) is 25.2 Å². The highest BCUT2D eigenvalue weighted by atomic mass is 16.5. The Morgan fingerprint density at radius 2 is 2.26 bits per heavy atom. The van der Waals surface area contributed by atoms with Crippen LogP contribution in [0, 0.1) is 0 Å². The summed E-state index contributed by atoms with van der Waals surface area (Å²) < 4.78 is 5.42. The Morgan fingerprint density at radius 1 is 1.47 bits per heavy atom. The summed E-state index contributed by atoms with van der Waals surface area (Å²) in [5, 5.41) is 12.6. The number of rotatable bonds is 5. The first-order valence-corrected chi connectivity index (χ1v) is 6.62. The van der Waals surface area contributed by atoms with Crippen LogP contribution in [-0.2, 0) is 4.79 Å². The maximum absolute atomic E-state index is 11.8. The van der Waals surface area contributed by atoms with Crippen LogP contribution in [0.5, 0.6) is 5.75 Å². The van der Waals surface area contributed by atoms with Crippen molar-refractivity contribution in [2.24, 2.45) is 0 Å². The average molecular weight is 264 g/mol. The molecule has 19 heavy (non-hydrogen) atoms. The fourth-order valence-corrected chi connectivity index (χ4v) is 2.32. The van der Waals surface area contributed by atoms with Crippen molar-refractivity contribution in [3.8, 4) is 5.75 Å². The number of anilines is 1. The fourth-order valence-electron chi connectivity index (χ4n) is 2.32. The minimum Gasteiger partial charge on any atom is -0.482 e. The molecule has 5 nitrogen and oxygen atoms in total. The maximum atomic E-state index is 11.8. The van der Waals surface area contributed by atoms with Gasteiger partial charge in [-0.05, 0) is 31.2 Å². The Hall–Kier alpha value is -1.59. The van der Waals surface area contributed by atoms with Gasteiger partial charge >= 0.3 is 0 Å². The molecule has 0 radical (unpaired) electrons. The van der Waals surface area contributed by atoms with Gasteiger partial charge in [0.1, 0.15) is 5.75 Å². The molecule has 2 N–H and O–H groups in total. The van der Waals surface area contributed by atoms with Gasteiger partial charge in [0.2, 0.25) is 0 Å². The number of amides is 1. The van der Waals surface area contributed by atoms with Gasteiger partial charge < -0.3 is 20.1 Å². The average Bonchev–Trinajstić information content (AvgIpc) is 2.44. The number of nitrogens with zero attached hydrogens (tertiary/aromatic N) is 1. The summed E-state index contributed by atoms with van der Waals surface area (Å²) in [4.78, 5) is 13.5. The second-order valence-corrected chi connectivity index (χ2v) is 4.45. The number of aliphatic hydroxyl groups excluding tert-OH is 1. The number of benzene rings is 1. The van der Waals surface area contributed by atoms with Gasteiger partial charge in [-0.2, -0.15) is 0 Å². The van der Waals surface area contributed by atoms with Crippen LogP contribution in [0.2, 0.25) is 0 Å². The normalized spacial score (nSPS) is 15.9. The number of nitrogens with one attached hydrogen (secondary N) is 1. The van der Waals surface area contributed by atoms with E-state index >= 15 is 0 Å². The van der Waals surface area contributed by atoms with Gasteiger partial charge in [-0.15, -0.1) is 0 Å². The maximum Gasteiger partial charge on any atom is 0.265 e. The Labute approximate surface area is 113 Å². The van der Waals surface area contributed by atoms with E-state index in [1.54, 1.807) is 4.90 Å². The molecule has 1 atom stereocenters. The van der Waals surface area contributed by atoms with Crippen LogP contribution in [0.25, 0.3) is 0 Å². The van der Waals surface area contributed by atoms with Crippen molar-refractivity contribution in [1.29, 1.82) is 0 Å². The van der Waals surface area contributed by atoms with Crippen molar-refractivity contribution >= 4 is 11.6 Å². The largest absolute Gasteiger partial charge is 0.482 e. The van der Waals surface area contributed by atoms with Crippen LogP contribution in [0.4, 0.5) is 5.69 Å². The number of likely N-dealkylation sites (N-methyl/N-ethyl adjacent to an activating group) is 2. The topological polar surface area (TPSA) is 61.8 Å². The lowest BCUT2D eigenvalue weighted by Gasteiger charge is -2.29. The van der Waals surface area contributed by atoms with Crippen molar-refractivity contribution in [2.45, 2.75) is 19.9 Å². The Kier molecular flexibility index (Phi) is 4.39. The number of hydrogen-bond donors (Lipinski definition) is 2. The number of fused-ring (bicyclic) bond motifs is 1. The van der Waals surface area contributed by atoms with Crippen molar-refractivity contribution < 1.29 is 14.6 Å². The molecule has 0 fully saturated rings. The van der Waals surface area contributed by atoms with E-state index in [0.29, 0.717) is 6.54 Å². The first kappa shape index (κ1) is 13.8. The monoisotopic (exact) mass is 264 g/mol. The summed E-state index contributed by atoms with van der Waals surface area (Å²) in [6, 6.07) is 5.58. The molecule has 0 bridgehead atoms. The quantitative estimate of drug-likeness (QED) is 0.835. The Bertz CT molecular complexity index is 462. The molecular formula is C14H20N2O3. The third-order valence-electron chi connectivity index (χ3n) is 3.28. The molecule has 5 heteroatoms. The van der Waals surface area contributed by atoms with E-state index < -0.39 is 0 Å². The third kappa shape index (κ3) is 2.72. The highest BCUT2D eigenvalue weighted by Crippen LogP contribution is 2.34. The molecule has 1 aliphatic rings. The van der Waals surface area contributed by atoms with E-state index in [4.69, 9.17) is 4.74 Å². The number of carbonyl (C=O) groups is 1. The second-order valence-electron chi connectivity index (χ2n) is 4.45. The highest BCUT2D eigenvalue weighted by molar-refractivity contribution is 5.97. The predicted octanol–water partition coefficient (Wildman–Crippen LogP) is 1.07. The molecule has 1 aromatic carbocycles. The summed E-state index contributed by atoms with van der Waals surface area (Å²) in [5.74, 6) is 0.689. The van der Waals surface area contributed by atoms with E-state index in [9.17, 15) is 9.90 Å². The van der Waals surface area contributed by atoms with Gasteiger partial charge in [-0.1, -0.05) is 13.0 Å². The molecular weight excluding hydrogens is 244 g/mol. The summed E-state index contributed by atoms with van der Waals surface area (Å²) in [5.41, 5.74) is 1.74. The summed E-state index contributed by atoms with van der Waals surface area (Å²) in [6.07, 6.45) is 0. The first-order chi connectivity index (χ1) is 9.21. The lowest BCUT2D eigenvalue weighted by molar-refractivity contribution is -0.121. The molecule has 1 heterocycles. The predicted molar refractivity (Wildman–Crippen MR) is 73.5 cm³/mol. The van der Waals surface area contributed by atoms with Crippen molar-refractivity contribution in [2.75, 3.05) is 31.2 Å². The number of hydrogen-bond acceptors (Lipinski definition) is 4. The van der Waals surface area contributed by atoms with Gasteiger partial charge in [-0.25, -0.2) is 0 Å². The Morgan fingerprint density at radius 3 is 2.89 bits per heavy atom. The number of ether oxygens (including phenoxy) is 1. The van der Waals surface area contributed by atoms with Gasteiger partial charge in [-0.3, -0.25) is 4.79 Å². The van der Waals surface area contributed by atoms with Gasteiger partial charge in [0.15, 0.2) is 6.61 Å². The molecule has 0 aromatic heterocycles. The molecule has 1 aliphatic heterocycles. The molecule has 1 aromatic rings. The summed E-state index contributed by atoms with van der Waals surface area (Å²) >= 11 is 0. The molecule has 0 aliphatic carbocycles. The lowest BCUT2D eigenvalue weighted by atomic mass is 10.0. The van der Waals surface area contributed by atoms with Crippen LogP contribution >= 0.6 is 0 Å². The Balaban J connectivity index is 2.35. The van der Waals surface area contributed by atoms with E-state index in [0.717, 1.165) is 23.5 Å². The van der Waals surface area contributed by atoms with Crippen LogP contribution in [0.1, 0.15) is 25.5 Å². The highest BCUT2D eigenvalue weighted by Gasteiger charge is 2.25. The minimum absolute atomic E-state index is 0.0214. The summed E-state index contributed by atoms with van der Waals surface area (Å²) in [7, 11) is 0. The minimum atomic E-state index is -0.119. The smallest absolute Gasteiger partial charge is 0.265 e. The molecule has 0 spiro atoms. The van der Waals surface area contributed by atoms with Gasteiger partial charge in [0.25, 0.3) is 5.91 Å². The van der Waals surface area contributed by atoms with Crippen molar-refractivity contribution in [3.63, 3.8) is 0 Å².